The molecule has 1 fully saturated rings. The topological polar surface area (TPSA) is 79.5 Å². The molecule has 1 aromatic heterocycles. The molecule has 2 aromatic carbocycles. The predicted octanol–water partition coefficient (Wildman–Crippen LogP) is 3.14. The van der Waals surface area contributed by atoms with E-state index in [1.165, 1.54) is 5.69 Å². The number of hydrogen-bond acceptors (Lipinski definition) is 7. The molecule has 144 valence electrons. The van der Waals surface area contributed by atoms with E-state index in [4.69, 9.17) is 10.5 Å². The fourth-order valence-electron chi connectivity index (χ4n) is 3.43. The summed E-state index contributed by atoms with van der Waals surface area (Å²) in [6, 6.07) is 18.1. The van der Waals surface area contributed by atoms with Gasteiger partial charge >= 0.3 is 0 Å². The van der Waals surface area contributed by atoms with Gasteiger partial charge in [-0.05, 0) is 24.3 Å². The maximum atomic E-state index is 6.42. The zero-order valence-corrected chi connectivity index (χ0v) is 15.9. The van der Waals surface area contributed by atoms with Gasteiger partial charge in [0.15, 0.2) is 11.6 Å². The average molecular weight is 376 g/mol. The summed E-state index contributed by atoms with van der Waals surface area (Å²) >= 11 is 0. The van der Waals surface area contributed by atoms with Crippen molar-refractivity contribution in [1.29, 1.82) is 0 Å². The molecule has 3 aromatic rings. The highest BCUT2D eigenvalue weighted by Crippen LogP contribution is 2.32. The molecular formula is C21H24N6O. The quantitative estimate of drug-likeness (QED) is 0.708. The van der Waals surface area contributed by atoms with Crippen LogP contribution in [0, 0.1) is 0 Å². The molecule has 1 aliphatic heterocycles. The standard InChI is InChI=1S/C21H24N6O/c1-28-18-10-6-5-9-17(18)25-20-19(22)21(24-15-23-20)27-13-11-26(12-14-27)16-7-3-2-4-8-16/h2-10,15H,11-14,22H2,1H3,(H,23,24,25). The van der Waals surface area contributed by atoms with Crippen LogP contribution in [0.5, 0.6) is 5.75 Å². The van der Waals surface area contributed by atoms with E-state index in [0.717, 1.165) is 43.4 Å². The van der Waals surface area contributed by atoms with Crippen LogP contribution in [0.4, 0.5) is 28.7 Å². The number of nitrogen functional groups attached to an aromatic ring is 1. The largest absolute Gasteiger partial charge is 0.495 e. The Labute approximate surface area is 164 Å². The van der Waals surface area contributed by atoms with Crippen LogP contribution in [0.25, 0.3) is 0 Å². The number of nitrogens with two attached hydrogens (primary N) is 1. The number of ether oxygens (including phenoxy) is 1. The minimum absolute atomic E-state index is 0.543. The smallest absolute Gasteiger partial charge is 0.159 e. The van der Waals surface area contributed by atoms with Crippen LogP contribution in [-0.2, 0) is 0 Å². The minimum Gasteiger partial charge on any atom is -0.495 e. The molecule has 7 nitrogen and oxygen atoms in total. The molecule has 0 saturated carbocycles. The van der Waals surface area contributed by atoms with Gasteiger partial charge in [0.1, 0.15) is 17.8 Å². The number of rotatable bonds is 5. The first-order valence-electron chi connectivity index (χ1n) is 9.31. The van der Waals surface area contributed by atoms with Gasteiger partial charge in [0.05, 0.1) is 12.8 Å². The maximum Gasteiger partial charge on any atom is 0.159 e. The third-order valence-corrected chi connectivity index (χ3v) is 4.92. The van der Waals surface area contributed by atoms with Crippen molar-refractivity contribution in [2.24, 2.45) is 0 Å². The van der Waals surface area contributed by atoms with E-state index in [1.54, 1.807) is 13.4 Å². The van der Waals surface area contributed by atoms with E-state index in [0.29, 0.717) is 11.5 Å². The Morgan fingerprint density at radius 2 is 1.57 bits per heavy atom. The second-order valence-corrected chi connectivity index (χ2v) is 6.59. The summed E-state index contributed by atoms with van der Waals surface area (Å²) in [4.78, 5) is 13.4. The van der Waals surface area contributed by atoms with Crippen molar-refractivity contribution >= 4 is 28.7 Å². The molecular weight excluding hydrogens is 352 g/mol. The predicted molar refractivity (Wildman–Crippen MR) is 114 cm³/mol. The Bertz CT molecular complexity index is 925. The lowest BCUT2D eigenvalue weighted by Crippen LogP contribution is -2.47. The van der Waals surface area contributed by atoms with Crippen LogP contribution >= 0.6 is 0 Å². The summed E-state index contributed by atoms with van der Waals surface area (Å²) in [5.41, 5.74) is 9.02. The maximum absolute atomic E-state index is 6.42. The Morgan fingerprint density at radius 1 is 0.893 bits per heavy atom. The Hall–Kier alpha value is -3.48. The number of piperazine rings is 1. The van der Waals surface area contributed by atoms with Gasteiger partial charge in [-0.1, -0.05) is 30.3 Å². The number of methoxy groups -OCH3 is 1. The van der Waals surface area contributed by atoms with E-state index < -0.39 is 0 Å². The van der Waals surface area contributed by atoms with Crippen molar-refractivity contribution in [1.82, 2.24) is 9.97 Å². The first-order valence-corrected chi connectivity index (χ1v) is 9.31. The second-order valence-electron chi connectivity index (χ2n) is 6.59. The monoisotopic (exact) mass is 376 g/mol. The van der Waals surface area contributed by atoms with Gasteiger partial charge < -0.3 is 25.6 Å². The zero-order chi connectivity index (χ0) is 19.3. The van der Waals surface area contributed by atoms with E-state index in [9.17, 15) is 0 Å². The first kappa shape index (κ1) is 17.9. The van der Waals surface area contributed by atoms with Crippen LogP contribution < -0.4 is 25.6 Å². The Kier molecular flexibility index (Phi) is 5.14. The number of benzene rings is 2. The van der Waals surface area contributed by atoms with Crippen molar-refractivity contribution in [2.45, 2.75) is 0 Å². The van der Waals surface area contributed by atoms with Gasteiger partial charge in [-0.15, -0.1) is 0 Å². The number of anilines is 5. The molecule has 28 heavy (non-hydrogen) atoms. The molecule has 4 rings (SSSR count). The third kappa shape index (κ3) is 3.64. The van der Waals surface area contributed by atoms with Crippen molar-refractivity contribution in [3.63, 3.8) is 0 Å². The second kappa shape index (κ2) is 8.04. The van der Waals surface area contributed by atoms with E-state index in [2.05, 4.69) is 49.4 Å². The zero-order valence-electron chi connectivity index (χ0n) is 15.9. The van der Waals surface area contributed by atoms with Crippen molar-refractivity contribution in [2.75, 3.05) is 54.1 Å². The average Bonchev–Trinajstić information content (AvgIpc) is 2.76. The van der Waals surface area contributed by atoms with Crippen LogP contribution in [-0.4, -0.2) is 43.3 Å². The molecule has 0 atom stereocenters. The van der Waals surface area contributed by atoms with Crippen molar-refractivity contribution in [3.8, 4) is 5.75 Å². The normalized spacial score (nSPS) is 14.0. The summed E-state index contributed by atoms with van der Waals surface area (Å²) < 4.78 is 5.40. The third-order valence-electron chi connectivity index (χ3n) is 4.92. The van der Waals surface area contributed by atoms with Gasteiger partial charge in [0.2, 0.25) is 0 Å². The summed E-state index contributed by atoms with van der Waals surface area (Å²) in [6.07, 6.45) is 1.55. The molecule has 0 spiro atoms. The van der Waals surface area contributed by atoms with E-state index in [1.807, 2.05) is 30.3 Å². The van der Waals surface area contributed by atoms with Crippen LogP contribution in [0.15, 0.2) is 60.9 Å². The summed E-state index contributed by atoms with van der Waals surface area (Å²) in [7, 11) is 1.64. The fraction of sp³-hybridized carbons (Fsp3) is 0.238. The molecule has 0 unspecified atom stereocenters. The van der Waals surface area contributed by atoms with Crippen LogP contribution in [0.3, 0.4) is 0 Å². The lowest BCUT2D eigenvalue weighted by atomic mass is 10.2. The molecule has 0 radical (unpaired) electrons. The number of hydrogen-bond donors (Lipinski definition) is 2. The fourth-order valence-corrected chi connectivity index (χ4v) is 3.43. The van der Waals surface area contributed by atoms with E-state index >= 15 is 0 Å². The molecule has 0 aliphatic carbocycles. The minimum atomic E-state index is 0.543. The van der Waals surface area contributed by atoms with Gasteiger partial charge in [-0.3, -0.25) is 0 Å². The van der Waals surface area contributed by atoms with Crippen LogP contribution in [0.2, 0.25) is 0 Å². The summed E-state index contributed by atoms with van der Waals surface area (Å²) in [5.74, 6) is 2.08. The van der Waals surface area contributed by atoms with Crippen molar-refractivity contribution in [3.05, 3.63) is 60.9 Å². The van der Waals surface area contributed by atoms with Crippen molar-refractivity contribution < 1.29 is 4.74 Å². The summed E-state index contributed by atoms with van der Waals surface area (Å²) in [6.45, 7) is 3.54. The number of aromatic nitrogens is 2. The lowest BCUT2D eigenvalue weighted by Gasteiger charge is -2.37. The lowest BCUT2D eigenvalue weighted by molar-refractivity contribution is 0.417. The highest BCUT2D eigenvalue weighted by atomic mass is 16.5. The van der Waals surface area contributed by atoms with Gasteiger partial charge in [-0.25, -0.2) is 9.97 Å². The highest BCUT2D eigenvalue weighted by molar-refractivity contribution is 5.79. The SMILES string of the molecule is COc1ccccc1Nc1ncnc(N2CCN(c3ccccc3)CC2)c1N. The Morgan fingerprint density at radius 3 is 2.32 bits per heavy atom. The van der Waals surface area contributed by atoms with Crippen LogP contribution in [0.1, 0.15) is 0 Å². The molecule has 3 N–H and O–H groups in total. The molecule has 2 heterocycles. The number of para-hydroxylation sites is 3. The molecule has 1 aliphatic rings. The summed E-state index contributed by atoms with van der Waals surface area (Å²) in [5, 5.41) is 3.27. The molecule has 0 bridgehead atoms. The molecule has 0 amide bonds. The number of nitrogens with one attached hydrogen (secondary N) is 1. The van der Waals surface area contributed by atoms with Gasteiger partial charge in [0, 0.05) is 31.9 Å². The Balaban J connectivity index is 1.50. The molecule has 1 saturated heterocycles. The van der Waals surface area contributed by atoms with Gasteiger partial charge in [-0.2, -0.15) is 0 Å². The molecule has 7 heteroatoms. The number of nitrogens with zero attached hydrogens (tertiary/aromatic N) is 4. The first-order chi connectivity index (χ1) is 13.8. The van der Waals surface area contributed by atoms with Gasteiger partial charge in [0.25, 0.3) is 0 Å². The highest BCUT2D eigenvalue weighted by Gasteiger charge is 2.21. The van der Waals surface area contributed by atoms with E-state index in [-0.39, 0.29) is 0 Å².